The maximum atomic E-state index is 6.20. The van der Waals surface area contributed by atoms with Gasteiger partial charge in [0.1, 0.15) is 0 Å². The first-order valence-electron chi connectivity index (χ1n) is 17.5. The maximum absolute atomic E-state index is 6.20. The molecule has 0 radical (unpaired) electrons. The Balaban J connectivity index is 0.000000149. The molecule has 52 heavy (non-hydrogen) atoms. The Morgan fingerprint density at radius 1 is 0.635 bits per heavy atom. The van der Waals surface area contributed by atoms with Crippen LogP contribution in [0.3, 0.4) is 0 Å². The van der Waals surface area contributed by atoms with Crippen LogP contribution in [0.1, 0.15) is 50.3 Å². The molecule has 0 spiro atoms. The first kappa shape index (κ1) is 34.6. The van der Waals surface area contributed by atoms with Crippen LogP contribution in [0.15, 0.2) is 97.6 Å². The van der Waals surface area contributed by atoms with Gasteiger partial charge in [0.05, 0.1) is 35.4 Å². The third kappa shape index (κ3) is 7.14. The molecule has 0 bridgehead atoms. The number of ether oxygens (including phenoxy) is 2. The van der Waals surface area contributed by atoms with Gasteiger partial charge in [-0.05, 0) is 97.7 Å². The van der Waals surface area contributed by atoms with Crippen molar-refractivity contribution < 1.29 is 9.47 Å². The van der Waals surface area contributed by atoms with Crippen LogP contribution in [0.25, 0.3) is 33.8 Å². The van der Waals surface area contributed by atoms with Gasteiger partial charge in [0, 0.05) is 63.0 Å². The van der Waals surface area contributed by atoms with E-state index in [0.29, 0.717) is 0 Å². The molecule has 4 aliphatic rings. The van der Waals surface area contributed by atoms with Crippen molar-refractivity contribution in [1.29, 1.82) is 0 Å². The molecule has 7 nitrogen and oxygen atoms in total. The summed E-state index contributed by atoms with van der Waals surface area (Å²) in [6, 6.07) is 28.0. The Hall–Kier alpha value is -4.43. The van der Waals surface area contributed by atoms with E-state index in [1.54, 1.807) is 0 Å². The Kier molecular flexibility index (Phi) is 9.68. The number of benzene rings is 4. The van der Waals surface area contributed by atoms with Gasteiger partial charge in [0.2, 0.25) is 6.79 Å². The SMILES string of the molecule is C.Clc1ccc(-c2ncn(CC3CC3)c2-c2ccc(Cl)cc2)cc1.Clc1ccc2c(c1)NCC2c1c(-c2ccc3c(c2)OCO3)ncn1CC1CC1. The Morgan fingerprint density at radius 2 is 1.23 bits per heavy atom. The molecule has 6 aromatic rings. The molecule has 1 unspecified atom stereocenters. The average Bonchev–Trinajstić information content (AvgIpc) is 3.91. The number of fused-ring (bicyclic) bond motifs is 2. The molecule has 2 aliphatic heterocycles. The van der Waals surface area contributed by atoms with Gasteiger partial charge in [0.25, 0.3) is 0 Å². The highest BCUT2D eigenvalue weighted by atomic mass is 35.5. The monoisotopic (exact) mass is 751 g/mol. The molecule has 4 heterocycles. The van der Waals surface area contributed by atoms with E-state index in [2.05, 4.69) is 43.7 Å². The summed E-state index contributed by atoms with van der Waals surface area (Å²) in [7, 11) is 0. The van der Waals surface area contributed by atoms with E-state index in [1.165, 1.54) is 36.9 Å². The topological polar surface area (TPSA) is 66.1 Å². The first-order chi connectivity index (χ1) is 25.0. The first-order valence-corrected chi connectivity index (χ1v) is 18.7. The fourth-order valence-corrected chi connectivity index (χ4v) is 7.55. The molecule has 0 amide bonds. The maximum Gasteiger partial charge on any atom is 0.231 e. The minimum atomic E-state index is 0. The quantitative estimate of drug-likeness (QED) is 0.168. The molecule has 2 saturated carbocycles. The second-order valence-corrected chi connectivity index (χ2v) is 15.2. The zero-order valence-corrected chi connectivity index (χ0v) is 30.1. The molecule has 1 N–H and O–H groups in total. The summed E-state index contributed by atoms with van der Waals surface area (Å²) >= 11 is 18.3. The van der Waals surface area contributed by atoms with Crippen LogP contribution in [0.5, 0.6) is 11.5 Å². The van der Waals surface area contributed by atoms with Crippen LogP contribution < -0.4 is 14.8 Å². The van der Waals surface area contributed by atoms with Gasteiger partial charge in [-0.2, -0.15) is 0 Å². The molecule has 266 valence electrons. The van der Waals surface area contributed by atoms with E-state index in [9.17, 15) is 0 Å². The lowest BCUT2D eigenvalue weighted by molar-refractivity contribution is 0.174. The Bertz CT molecular complexity index is 2200. The highest BCUT2D eigenvalue weighted by molar-refractivity contribution is 6.31. The number of nitrogens with zero attached hydrogens (tertiary/aromatic N) is 4. The van der Waals surface area contributed by atoms with Gasteiger partial charge >= 0.3 is 0 Å². The predicted octanol–water partition coefficient (Wildman–Crippen LogP) is 11.5. The third-order valence-corrected chi connectivity index (χ3v) is 10.9. The minimum Gasteiger partial charge on any atom is -0.454 e. The molecule has 1 atom stereocenters. The summed E-state index contributed by atoms with van der Waals surface area (Å²) < 4.78 is 15.7. The average molecular weight is 753 g/mol. The van der Waals surface area contributed by atoms with Crippen LogP contribution in [0.2, 0.25) is 15.1 Å². The molecular formula is C42H40Cl3N5O2. The summed E-state index contributed by atoms with van der Waals surface area (Å²) in [5.41, 5.74) is 10.1. The number of rotatable bonds is 8. The van der Waals surface area contributed by atoms with Crippen molar-refractivity contribution in [3.05, 3.63) is 124 Å². The van der Waals surface area contributed by atoms with Gasteiger partial charge in [-0.25, -0.2) is 9.97 Å². The third-order valence-electron chi connectivity index (χ3n) is 10.1. The number of aromatic nitrogens is 4. The summed E-state index contributed by atoms with van der Waals surface area (Å²) in [6.45, 7) is 3.19. The smallest absolute Gasteiger partial charge is 0.231 e. The molecule has 10 heteroatoms. The van der Waals surface area contributed by atoms with Crippen molar-refractivity contribution in [2.24, 2.45) is 11.8 Å². The molecule has 2 fully saturated rings. The van der Waals surface area contributed by atoms with Crippen LogP contribution in [0, 0.1) is 11.8 Å². The lowest BCUT2D eigenvalue weighted by atomic mass is 9.94. The van der Waals surface area contributed by atoms with E-state index < -0.39 is 0 Å². The summed E-state index contributed by atoms with van der Waals surface area (Å²) in [5, 5.41) is 5.77. The van der Waals surface area contributed by atoms with Gasteiger partial charge in [-0.3, -0.25) is 0 Å². The standard InChI is InChI=1S/C22H20ClN3O2.C19H16Cl2N2.CH4/c23-15-4-5-16-17(9-24-18(16)8-15)22-21(25-11-26(22)10-13-1-2-13)14-3-6-19-20(7-14)28-12-27-19;20-16-7-3-14(4-8-16)18-19(15-5-9-17(21)10-6-15)23(12-22-18)11-13-1-2-13;/h3-8,11,13,17,24H,1-2,9-10,12H2;3-10,12-13H,1-2,11H2;1H4. The normalized spacial score (nSPS) is 16.8. The van der Waals surface area contributed by atoms with Crippen LogP contribution in [-0.4, -0.2) is 32.4 Å². The summed E-state index contributed by atoms with van der Waals surface area (Å²) in [4.78, 5) is 9.52. The number of nitrogens with one attached hydrogen (secondary N) is 1. The molecular weight excluding hydrogens is 713 g/mol. The van der Waals surface area contributed by atoms with E-state index in [-0.39, 0.29) is 20.1 Å². The van der Waals surface area contributed by atoms with Gasteiger partial charge in [-0.1, -0.05) is 72.6 Å². The zero-order valence-electron chi connectivity index (χ0n) is 27.9. The molecule has 0 saturated heterocycles. The van der Waals surface area contributed by atoms with Crippen LogP contribution >= 0.6 is 34.8 Å². The van der Waals surface area contributed by atoms with Crippen molar-refractivity contribution in [3.8, 4) is 45.3 Å². The number of imidazole rings is 2. The van der Waals surface area contributed by atoms with E-state index in [0.717, 1.165) is 97.5 Å². The largest absolute Gasteiger partial charge is 0.454 e. The highest BCUT2D eigenvalue weighted by Gasteiger charge is 2.32. The highest BCUT2D eigenvalue weighted by Crippen LogP contribution is 2.44. The lowest BCUT2D eigenvalue weighted by Crippen LogP contribution is -2.12. The number of anilines is 1. The van der Waals surface area contributed by atoms with Crippen molar-refractivity contribution in [2.75, 3.05) is 18.7 Å². The number of hydrogen-bond donors (Lipinski definition) is 1. The van der Waals surface area contributed by atoms with E-state index >= 15 is 0 Å². The Morgan fingerprint density at radius 3 is 1.94 bits per heavy atom. The van der Waals surface area contributed by atoms with Crippen LogP contribution in [0.4, 0.5) is 5.69 Å². The lowest BCUT2D eigenvalue weighted by Gasteiger charge is -2.17. The van der Waals surface area contributed by atoms with Crippen molar-refractivity contribution in [1.82, 2.24) is 19.1 Å². The van der Waals surface area contributed by atoms with Crippen molar-refractivity contribution in [3.63, 3.8) is 0 Å². The van der Waals surface area contributed by atoms with Gasteiger partial charge in [0.15, 0.2) is 11.5 Å². The zero-order chi connectivity index (χ0) is 34.5. The number of halogens is 3. The van der Waals surface area contributed by atoms with Gasteiger partial charge < -0.3 is 23.9 Å². The van der Waals surface area contributed by atoms with Crippen molar-refractivity contribution in [2.45, 2.75) is 52.1 Å². The predicted molar refractivity (Wildman–Crippen MR) is 211 cm³/mol. The summed E-state index contributed by atoms with van der Waals surface area (Å²) in [6.07, 6.45) is 9.20. The Labute approximate surface area is 319 Å². The van der Waals surface area contributed by atoms with E-state index in [4.69, 9.17) is 49.3 Å². The molecule has 10 rings (SSSR count). The fraction of sp³-hybridized carbons (Fsp3) is 0.286. The molecule has 2 aliphatic carbocycles. The minimum absolute atomic E-state index is 0. The fourth-order valence-electron chi connectivity index (χ4n) is 7.13. The second-order valence-electron chi connectivity index (χ2n) is 13.9. The van der Waals surface area contributed by atoms with Crippen molar-refractivity contribution >= 4 is 40.5 Å². The molecule has 2 aromatic heterocycles. The summed E-state index contributed by atoms with van der Waals surface area (Å²) in [5.74, 6) is 3.39. The second kappa shape index (κ2) is 14.5. The number of hydrogen-bond acceptors (Lipinski definition) is 5. The van der Waals surface area contributed by atoms with Gasteiger partial charge in [-0.15, -0.1) is 0 Å². The van der Waals surface area contributed by atoms with Crippen LogP contribution in [-0.2, 0) is 13.1 Å². The van der Waals surface area contributed by atoms with E-state index in [1.807, 2.05) is 73.3 Å². The molecule has 4 aromatic carbocycles.